The molecule has 0 fully saturated rings. The Kier molecular flexibility index (Phi) is 3.02. The molecule has 0 atom stereocenters. The topological polar surface area (TPSA) is 25.8 Å². The molecule has 2 aromatic heterocycles. The van der Waals surface area contributed by atoms with Crippen molar-refractivity contribution in [3.05, 3.63) is 46.8 Å². The maximum atomic E-state index is 4.85. The zero-order valence-electron chi connectivity index (χ0n) is 11.8. The van der Waals surface area contributed by atoms with Crippen LogP contribution >= 0.6 is 0 Å². The van der Waals surface area contributed by atoms with E-state index in [4.69, 9.17) is 4.98 Å². The quantitative estimate of drug-likeness (QED) is 0.784. The van der Waals surface area contributed by atoms with Crippen LogP contribution < -0.4 is 0 Å². The lowest BCUT2D eigenvalue weighted by atomic mass is 9.92. The van der Waals surface area contributed by atoms with Crippen molar-refractivity contribution in [2.75, 3.05) is 0 Å². The fourth-order valence-corrected chi connectivity index (χ4v) is 3.40. The molecule has 1 radical (unpaired) electrons. The number of aromatic nitrogens is 2. The van der Waals surface area contributed by atoms with Crippen molar-refractivity contribution < 1.29 is 0 Å². The number of hydrogen-bond acceptors (Lipinski definition) is 2. The highest BCUT2D eigenvalue weighted by Gasteiger charge is 2.15. The Hall–Kier alpha value is -1.70. The fraction of sp³-hybridized carbons (Fsp3) is 0.444. The lowest BCUT2D eigenvalue weighted by Crippen LogP contribution is -2.07. The third-order valence-corrected chi connectivity index (χ3v) is 4.57. The molecule has 0 unspecified atom stereocenters. The van der Waals surface area contributed by atoms with Crippen molar-refractivity contribution in [2.24, 2.45) is 0 Å². The molecule has 2 aliphatic rings. The summed E-state index contributed by atoms with van der Waals surface area (Å²) in [6, 6.07) is 6.62. The van der Waals surface area contributed by atoms with Gasteiger partial charge in [0.25, 0.3) is 0 Å². The van der Waals surface area contributed by atoms with Crippen molar-refractivity contribution in [2.45, 2.75) is 51.4 Å². The largest absolute Gasteiger partial charge is 0.251 e. The van der Waals surface area contributed by atoms with E-state index in [1.54, 1.807) is 0 Å². The van der Waals surface area contributed by atoms with Gasteiger partial charge in [0.15, 0.2) is 0 Å². The molecule has 101 valence electrons. The summed E-state index contributed by atoms with van der Waals surface area (Å²) in [5.74, 6) is 0. The van der Waals surface area contributed by atoms with Gasteiger partial charge in [0.05, 0.1) is 17.6 Å². The molecule has 0 amide bonds. The van der Waals surface area contributed by atoms with Gasteiger partial charge >= 0.3 is 0 Å². The van der Waals surface area contributed by atoms with Gasteiger partial charge in [-0.1, -0.05) is 6.07 Å². The van der Waals surface area contributed by atoms with Crippen LogP contribution in [0.1, 0.15) is 48.1 Å². The second kappa shape index (κ2) is 5.01. The molecule has 0 aromatic carbocycles. The molecule has 0 saturated carbocycles. The van der Waals surface area contributed by atoms with Crippen molar-refractivity contribution in [3.63, 3.8) is 0 Å². The van der Waals surface area contributed by atoms with E-state index in [1.165, 1.54) is 60.9 Å². The number of aryl methyl sites for hydroxylation is 4. The van der Waals surface area contributed by atoms with Gasteiger partial charge in [-0.2, -0.15) is 0 Å². The first-order chi connectivity index (χ1) is 9.90. The van der Waals surface area contributed by atoms with Gasteiger partial charge in [-0.15, -0.1) is 0 Å². The Morgan fingerprint density at radius 3 is 2.55 bits per heavy atom. The molecule has 2 nitrogen and oxygen atoms in total. The summed E-state index contributed by atoms with van der Waals surface area (Å²) in [5.41, 5.74) is 7.49. The van der Waals surface area contributed by atoms with Crippen LogP contribution in [0.5, 0.6) is 0 Å². The average molecular weight is 263 g/mol. The predicted octanol–water partition coefficient (Wildman–Crippen LogP) is 3.70. The zero-order chi connectivity index (χ0) is 13.4. The minimum Gasteiger partial charge on any atom is -0.251 e. The Morgan fingerprint density at radius 2 is 1.60 bits per heavy atom. The highest BCUT2D eigenvalue weighted by atomic mass is 14.8. The van der Waals surface area contributed by atoms with Crippen LogP contribution in [0.25, 0.3) is 11.4 Å². The summed E-state index contributed by atoms with van der Waals surface area (Å²) < 4.78 is 0. The van der Waals surface area contributed by atoms with Gasteiger partial charge in [-0.3, -0.25) is 4.98 Å². The summed E-state index contributed by atoms with van der Waals surface area (Å²) in [6.07, 6.45) is 13.0. The molecule has 20 heavy (non-hydrogen) atoms. The normalized spacial score (nSPS) is 17.4. The minimum absolute atomic E-state index is 0.999. The molecule has 0 spiro atoms. The zero-order valence-corrected chi connectivity index (χ0v) is 11.8. The second-order valence-electron chi connectivity index (χ2n) is 5.97. The van der Waals surface area contributed by atoms with Gasteiger partial charge < -0.3 is 0 Å². The molecule has 0 saturated heterocycles. The molecule has 0 bridgehead atoms. The Morgan fingerprint density at radius 1 is 0.800 bits per heavy atom. The van der Waals surface area contributed by atoms with E-state index in [0.717, 1.165) is 24.2 Å². The van der Waals surface area contributed by atoms with Crippen LogP contribution in [-0.4, -0.2) is 9.97 Å². The van der Waals surface area contributed by atoms with Crippen LogP contribution in [0.3, 0.4) is 0 Å². The van der Waals surface area contributed by atoms with E-state index in [-0.39, 0.29) is 0 Å². The maximum Gasteiger partial charge on any atom is 0.0932 e. The summed E-state index contributed by atoms with van der Waals surface area (Å²) >= 11 is 0. The lowest BCUT2D eigenvalue weighted by molar-refractivity contribution is 0.668. The van der Waals surface area contributed by atoms with Gasteiger partial charge in [-0.05, 0) is 80.2 Å². The predicted molar refractivity (Wildman–Crippen MR) is 79.6 cm³/mol. The monoisotopic (exact) mass is 263 g/mol. The molecule has 2 heteroatoms. The molecular weight excluding hydrogens is 244 g/mol. The van der Waals surface area contributed by atoms with Crippen LogP contribution in [0.15, 0.2) is 18.2 Å². The smallest absolute Gasteiger partial charge is 0.0932 e. The number of nitrogens with zero attached hydrogens (tertiary/aromatic N) is 2. The lowest BCUT2D eigenvalue weighted by Gasteiger charge is -2.17. The van der Waals surface area contributed by atoms with E-state index in [2.05, 4.69) is 29.4 Å². The van der Waals surface area contributed by atoms with Crippen LogP contribution in [0.4, 0.5) is 0 Å². The van der Waals surface area contributed by atoms with Crippen LogP contribution in [-0.2, 0) is 25.7 Å². The SMILES string of the molecule is [c]1nc(-c2ccc3c(n2)CCCC3)cc2c1CCCC2. The van der Waals surface area contributed by atoms with Gasteiger partial charge in [0.2, 0.25) is 0 Å². The van der Waals surface area contributed by atoms with E-state index in [9.17, 15) is 0 Å². The first kappa shape index (κ1) is 12.1. The highest BCUT2D eigenvalue weighted by molar-refractivity contribution is 5.57. The molecular formula is C18H19N2. The van der Waals surface area contributed by atoms with Crippen molar-refractivity contribution >= 4 is 0 Å². The Labute approximate surface area is 120 Å². The number of pyridine rings is 2. The molecule has 2 heterocycles. The van der Waals surface area contributed by atoms with E-state index in [0.29, 0.717) is 0 Å². The third kappa shape index (κ3) is 2.13. The van der Waals surface area contributed by atoms with Gasteiger partial charge in [0, 0.05) is 5.69 Å². The molecule has 4 rings (SSSR count). The summed E-state index contributed by atoms with van der Waals surface area (Å²) in [4.78, 5) is 9.37. The third-order valence-electron chi connectivity index (χ3n) is 4.57. The fourth-order valence-electron chi connectivity index (χ4n) is 3.40. The van der Waals surface area contributed by atoms with Crippen LogP contribution in [0, 0.1) is 6.20 Å². The molecule has 2 aliphatic carbocycles. The van der Waals surface area contributed by atoms with E-state index in [1.807, 2.05) is 0 Å². The molecule has 0 aliphatic heterocycles. The standard InChI is InChI=1S/C18H19N2/c1-2-7-15-12-19-18(11-14(15)6-1)17-10-9-13-5-3-4-8-16(13)20-17/h9-11H,1-8H2. The van der Waals surface area contributed by atoms with Crippen molar-refractivity contribution in [1.29, 1.82) is 0 Å². The summed E-state index contributed by atoms with van der Waals surface area (Å²) in [7, 11) is 0. The minimum atomic E-state index is 0.999. The van der Waals surface area contributed by atoms with Crippen molar-refractivity contribution in [3.8, 4) is 11.4 Å². The first-order valence-electron chi connectivity index (χ1n) is 7.80. The maximum absolute atomic E-state index is 4.85. The van der Waals surface area contributed by atoms with Crippen LogP contribution in [0.2, 0.25) is 0 Å². The number of hydrogen-bond donors (Lipinski definition) is 0. The average Bonchev–Trinajstić information content (AvgIpc) is 2.54. The number of fused-ring (bicyclic) bond motifs is 2. The Balaban J connectivity index is 1.73. The second-order valence-corrected chi connectivity index (χ2v) is 5.97. The van der Waals surface area contributed by atoms with Gasteiger partial charge in [-0.25, -0.2) is 4.98 Å². The van der Waals surface area contributed by atoms with E-state index >= 15 is 0 Å². The van der Waals surface area contributed by atoms with Crippen molar-refractivity contribution in [1.82, 2.24) is 9.97 Å². The Bertz CT molecular complexity index is 588. The first-order valence-corrected chi connectivity index (χ1v) is 7.80. The highest BCUT2D eigenvalue weighted by Crippen LogP contribution is 2.26. The van der Waals surface area contributed by atoms with Gasteiger partial charge in [0.1, 0.15) is 0 Å². The summed E-state index contributed by atoms with van der Waals surface area (Å²) in [5, 5.41) is 0. The molecule has 2 aromatic rings. The van der Waals surface area contributed by atoms with E-state index < -0.39 is 0 Å². The summed E-state index contributed by atoms with van der Waals surface area (Å²) in [6.45, 7) is 0. The molecule has 0 N–H and O–H groups in total. The number of rotatable bonds is 1.